The minimum Gasteiger partial charge on any atom is -0.383 e. The van der Waals surface area contributed by atoms with E-state index < -0.39 is 0 Å². The average Bonchev–Trinajstić information content (AvgIpc) is 2.90. The molecule has 0 bridgehead atoms. The number of rotatable bonds is 3. The molecule has 2 aromatic heterocycles. The molecule has 2 unspecified atom stereocenters. The number of nitrogen functional groups attached to an aromatic ring is 1. The quantitative estimate of drug-likeness (QED) is 0.939. The monoisotopic (exact) mass is 292 g/mol. The highest BCUT2D eigenvalue weighted by Crippen LogP contribution is 2.24. The number of thiophene rings is 1. The summed E-state index contributed by atoms with van der Waals surface area (Å²) in [5.74, 6) is 2.00. The average molecular weight is 292 g/mol. The highest BCUT2D eigenvalue weighted by molar-refractivity contribution is 7.16. The number of hydrogen-bond donors (Lipinski definition) is 1. The first kappa shape index (κ1) is 13.7. The Morgan fingerprint density at radius 2 is 2.35 bits per heavy atom. The number of nitrogens with two attached hydrogens (primary N) is 1. The van der Waals surface area contributed by atoms with Crippen molar-refractivity contribution in [1.82, 2.24) is 14.9 Å². The Kier molecular flexibility index (Phi) is 3.87. The Bertz CT molecular complexity index is 600. The molecule has 1 aliphatic heterocycles. The standard InChI is InChI=1S/C14H20N4OS/c1-9-3-5-18(7-11(9)19-2)8-12-16-13(15)10-4-6-20-14(10)17-12/h4,6,9,11H,3,5,7-8H2,1-2H3,(H2,15,16,17). The summed E-state index contributed by atoms with van der Waals surface area (Å²) in [5.41, 5.74) is 5.99. The first-order valence-electron chi connectivity index (χ1n) is 6.92. The van der Waals surface area contributed by atoms with Crippen LogP contribution in [0, 0.1) is 5.92 Å². The third-order valence-corrected chi connectivity index (χ3v) is 4.85. The molecule has 3 heterocycles. The van der Waals surface area contributed by atoms with Crippen molar-refractivity contribution in [2.45, 2.75) is 26.0 Å². The summed E-state index contributed by atoms with van der Waals surface area (Å²) in [6.45, 7) is 4.98. The van der Waals surface area contributed by atoms with Crippen molar-refractivity contribution >= 4 is 27.4 Å². The molecule has 20 heavy (non-hydrogen) atoms. The smallest absolute Gasteiger partial charge is 0.146 e. The molecule has 2 atom stereocenters. The lowest BCUT2D eigenvalue weighted by molar-refractivity contribution is -0.00811. The fourth-order valence-corrected chi connectivity index (χ4v) is 3.53. The fraction of sp³-hybridized carbons (Fsp3) is 0.571. The lowest BCUT2D eigenvalue weighted by atomic mass is 9.96. The van der Waals surface area contributed by atoms with Crippen LogP contribution in [0.15, 0.2) is 11.4 Å². The van der Waals surface area contributed by atoms with Crippen molar-refractivity contribution in [1.29, 1.82) is 0 Å². The summed E-state index contributed by atoms with van der Waals surface area (Å²) < 4.78 is 5.55. The highest BCUT2D eigenvalue weighted by atomic mass is 32.1. The minimum absolute atomic E-state index is 0.298. The second kappa shape index (κ2) is 5.63. The number of piperidine rings is 1. The molecule has 0 amide bonds. The van der Waals surface area contributed by atoms with Gasteiger partial charge in [0.15, 0.2) is 0 Å². The minimum atomic E-state index is 0.298. The normalized spacial score (nSPS) is 24.3. The third kappa shape index (κ3) is 2.63. The molecule has 5 nitrogen and oxygen atoms in total. The number of aromatic nitrogens is 2. The molecule has 3 rings (SSSR count). The molecule has 2 N–H and O–H groups in total. The van der Waals surface area contributed by atoms with Gasteiger partial charge in [-0.2, -0.15) is 0 Å². The zero-order valence-electron chi connectivity index (χ0n) is 11.9. The van der Waals surface area contributed by atoms with E-state index in [2.05, 4.69) is 21.8 Å². The van der Waals surface area contributed by atoms with Gasteiger partial charge in [0.2, 0.25) is 0 Å². The molecule has 1 fully saturated rings. The van der Waals surface area contributed by atoms with Crippen LogP contribution in [0.5, 0.6) is 0 Å². The van der Waals surface area contributed by atoms with Crippen LogP contribution in [0.3, 0.4) is 0 Å². The molecule has 1 aliphatic rings. The van der Waals surface area contributed by atoms with Gasteiger partial charge in [-0.05, 0) is 30.3 Å². The van der Waals surface area contributed by atoms with Gasteiger partial charge in [-0.3, -0.25) is 4.90 Å². The van der Waals surface area contributed by atoms with E-state index in [1.54, 1.807) is 18.4 Å². The largest absolute Gasteiger partial charge is 0.383 e. The first-order valence-corrected chi connectivity index (χ1v) is 7.80. The van der Waals surface area contributed by atoms with Crippen molar-refractivity contribution in [3.05, 3.63) is 17.3 Å². The van der Waals surface area contributed by atoms with Gasteiger partial charge in [-0.1, -0.05) is 6.92 Å². The summed E-state index contributed by atoms with van der Waals surface area (Å²) in [5, 5.41) is 2.96. The van der Waals surface area contributed by atoms with Gasteiger partial charge < -0.3 is 10.5 Å². The molecule has 0 aromatic carbocycles. The van der Waals surface area contributed by atoms with E-state index in [1.807, 2.05) is 11.4 Å². The summed E-state index contributed by atoms with van der Waals surface area (Å²) in [7, 11) is 1.79. The van der Waals surface area contributed by atoms with Gasteiger partial charge in [0.1, 0.15) is 16.5 Å². The molecular weight excluding hydrogens is 272 g/mol. The SMILES string of the molecule is COC1CN(Cc2nc(N)c3ccsc3n2)CCC1C. The molecule has 2 aromatic rings. The molecule has 0 radical (unpaired) electrons. The zero-order valence-corrected chi connectivity index (χ0v) is 12.7. The molecule has 1 saturated heterocycles. The van der Waals surface area contributed by atoms with Crippen molar-refractivity contribution in [3.63, 3.8) is 0 Å². The van der Waals surface area contributed by atoms with Crippen molar-refractivity contribution < 1.29 is 4.74 Å². The fourth-order valence-electron chi connectivity index (χ4n) is 2.74. The molecule has 0 spiro atoms. The summed E-state index contributed by atoms with van der Waals surface area (Å²) in [6, 6.07) is 1.97. The second-order valence-corrected chi connectivity index (χ2v) is 6.33. The van der Waals surface area contributed by atoms with Gasteiger partial charge in [-0.15, -0.1) is 11.3 Å². The van der Waals surface area contributed by atoms with Crippen molar-refractivity contribution in [2.75, 3.05) is 25.9 Å². The number of anilines is 1. The van der Waals surface area contributed by atoms with Crippen molar-refractivity contribution in [2.24, 2.45) is 5.92 Å². The second-order valence-electron chi connectivity index (χ2n) is 5.44. The number of methoxy groups -OCH3 is 1. The Morgan fingerprint density at radius 3 is 3.15 bits per heavy atom. The maximum atomic E-state index is 5.99. The number of fused-ring (bicyclic) bond motifs is 1. The van der Waals surface area contributed by atoms with Crippen LogP contribution in [0.1, 0.15) is 19.2 Å². The van der Waals surface area contributed by atoms with E-state index >= 15 is 0 Å². The molecule has 0 saturated carbocycles. The van der Waals surface area contributed by atoms with E-state index in [1.165, 1.54) is 0 Å². The third-order valence-electron chi connectivity index (χ3n) is 4.04. The predicted molar refractivity (Wildman–Crippen MR) is 81.7 cm³/mol. The van der Waals surface area contributed by atoms with Gasteiger partial charge in [-0.25, -0.2) is 9.97 Å². The Balaban J connectivity index is 1.76. The number of hydrogen-bond acceptors (Lipinski definition) is 6. The van der Waals surface area contributed by atoms with E-state index in [-0.39, 0.29) is 0 Å². The zero-order chi connectivity index (χ0) is 14.1. The van der Waals surface area contributed by atoms with Crippen LogP contribution >= 0.6 is 11.3 Å². The first-order chi connectivity index (χ1) is 9.67. The lowest BCUT2D eigenvalue weighted by Gasteiger charge is -2.35. The van der Waals surface area contributed by atoms with E-state index in [0.29, 0.717) is 17.8 Å². The van der Waals surface area contributed by atoms with Gasteiger partial charge in [0, 0.05) is 13.7 Å². The topological polar surface area (TPSA) is 64.3 Å². The summed E-state index contributed by atoms with van der Waals surface area (Å²) in [4.78, 5) is 12.4. The molecule has 108 valence electrons. The Morgan fingerprint density at radius 1 is 1.50 bits per heavy atom. The van der Waals surface area contributed by atoms with Crippen LogP contribution in [-0.4, -0.2) is 41.2 Å². The summed E-state index contributed by atoms with van der Waals surface area (Å²) >= 11 is 1.61. The predicted octanol–water partition coefficient (Wildman–Crippen LogP) is 2.13. The van der Waals surface area contributed by atoms with Crippen LogP contribution in [0.2, 0.25) is 0 Å². The summed E-state index contributed by atoms with van der Waals surface area (Å²) in [6.07, 6.45) is 1.45. The number of ether oxygens (including phenoxy) is 1. The maximum Gasteiger partial charge on any atom is 0.146 e. The van der Waals surface area contributed by atoms with Crippen LogP contribution in [-0.2, 0) is 11.3 Å². The van der Waals surface area contributed by atoms with Gasteiger partial charge in [0.05, 0.1) is 18.0 Å². The Hall–Kier alpha value is -1.24. The van der Waals surface area contributed by atoms with Gasteiger partial charge in [0.25, 0.3) is 0 Å². The van der Waals surface area contributed by atoms with Crippen molar-refractivity contribution in [3.8, 4) is 0 Å². The van der Waals surface area contributed by atoms with E-state index in [0.717, 1.165) is 42.1 Å². The Labute approximate surface area is 122 Å². The molecule has 6 heteroatoms. The number of nitrogens with zero attached hydrogens (tertiary/aromatic N) is 3. The molecular formula is C14H20N4OS. The molecule has 0 aliphatic carbocycles. The van der Waals surface area contributed by atoms with Crippen LogP contribution in [0.25, 0.3) is 10.2 Å². The maximum absolute atomic E-state index is 5.99. The number of likely N-dealkylation sites (tertiary alicyclic amines) is 1. The van der Waals surface area contributed by atoms with E-state index in [9.17, 15) is 0 Å². The van der Waals surface area contributed by atoms with Crippen LogP contribution < -0.4 is 5.73 Å². The highest BCUT2D eigenvalue weighted by Gasteiger charge is 2.26. The van der Waals surface area contributed by atoms with Gasteiger partial charge >= 0.3 is 0 Å². The lowest BCUT2D eigenvalue weighted by Crippen LogP contribution is -2.43. The van der Waals surface area contributed by atoms with Crippen LogP contribution in [0.4, 0.5) is 5.82 Å². The van der Waals surface area contributed by atoms with E-state index in [4.69, 9.17) is 10.5 Å².